The summed E-state index contributed by atoms with van der Waals surface area (Å²) in [6, 6.07) is 14.1. The van der Waals surface area contributed by atoms with Crippen molar-refractivity contribution in [3.8, 4) is 5.75 Å². The molecule has 5 heteroatoms. The van der Waals surface area contributed by atoms with Crippen molar-refractivity contribution in [2.24, 2.45) is 0 Å². The van der Waals surface area contributed by atoms with Crippen LogP contribution in [-0.4, -0.2) is 8.42 Å². The fourth-order valence-corrected chi connectivity index (χ4v) is 2.35. The third kappa shape index (κ3) is 3.98. The van der Waals surface area contributed by atoms with Crippen molar-refractivity contribution in [2.45, 2.75) is 18.4 Å². The van der Waals surface area contributed by atoms with Crippen LogP contribution in [-0.2, 0) is 15.7 Å². The van der Waals surface area contributed by atoms with E-state index in [1.54, 1.807) is 12.1 Å². The SMILES string of the molecule is Cc1ccc(COc2cccc(S(=O)(=O)Cl)c2)cc1. The van der Waals surface area contributed by atoms with Gasteiger partial charge in [0.15, 0.2) is 0 Å². The van der Waals surface area contributed by atoms with E-state index in [0.29, 0.717) is 12.4 Å². The van der Waals surface area contributed by atoms with Crippen LogP contribution in [0.5, 0.6) is 5.75 Å². The minimum absolute atomic E-state index is 0.0376. The van der Waals surface area contributed by atoms with Gasteiger partial charge >= 0.3 is 0 Å². The second-order valence-corrected chi connectivity index (χ2v) is 6.75. The van der Waals surface area contributed by atoms with Crippen LogP contribution in [0.2, 0.25) is 0 Å². The third-order valence-corrected chi connectivity index (χ3v) is 3.96. The lowest BCUT2D eigenvalue weighted by molar-refractivity contribution is 0.305. The molecule has 0 bridgehead atoms. The van der Waals surface area contributed by atoms with Crippen LogP contribution in [0.3, 0.4) is 0 Å². The molecule has 0 spiro atoms. The molecule has 2 aromatic rings. The van der Waals surface area contributed by atoms with Crippen molar-refractivity contribution in [3.63, 3.8) is 0 Å². The predicted octanol–water partition coefficient (Wildman–Crippen LogP) is 3.50. The van der Waals surface area contributed by atoms with Gasteiger partial charge in [0.1, 0.15) is 12.4 Å². The Kier molecular flexibility index (Phi) is 4.12. The van der Waals surface area contributed by atoms with Gasteiger partial charge in [-0.2, -0.15) is 0 Å². The van der Waals surface area contributed by atoms with E-state index in [2.05, 4.69) is 0 Å². The zero-order chi connectivity index (χ0) is 13.9. The normalized spacial score (nSPS) is 11.3. The molecule has 0 aliphatic heterocycles. The highest BCUT2D eigenvalue weighted by atomic mass is 35.7. The van der Waals surface area contributed by atoms with Crippen LogP contribution >= 0.6 is 10.7 Å². The van der Waals surface area contributed by atoms with Crippen LogP contribution in [0.15, 0.2) is 53.4 Å². The van der Waals surface area contributed by atoms with E-state index < -0.39 is 9.05 Å². The summed E-state index contributed by atoms with van der Waals surface area (Å²) < 4.78 is 28.0. The highest BCUT2D eigenvalue weighted by Crippen LogP contribution is 2.21. The van der Waals surface area contributed by atoms with Crippen LogP contribution in [0.4, 0.5) is 0 Å². The summed E-state index contributed by atoms with van der Waals surface area (Å²) in [7, 11) is 1.56. The number of ether oxygens (including phenoxy) is 1. The molecule has 0 N–H and O–H groups in total. The first-order valence-electron chi connectivity index (χ1n) is 5.68. The third-order valence-electron chi connectivity index (χ3n) is 2.61. The Balaban J connectivity index is 2.10. The summed E-state index contributed by atoms with van der Waals surface area (Å²) >= 11 is 0. The number of aryl methyl sites for hydroxylation is 1. The van der Waals surface area contributed by atoms with Gasteiger partial charge in [0.2, 0.25) is 0 Å². The van der Waals surface area contributed by atoms with E-state index in [4.69, 9.17) is 15.4 Å². The maximum Gasteiger partial charge on any atom is 0.261 e. The second kappa shape index (κ2) is 5.63. The molecule has 2 aromatic carbocycles. The number of benzene rings is 2. The Morgan fingerprint density at radius 2 is 1.79 bits per heavy atom. The predicted molar refractivity (Wildman–Crippen MR) is 75.0 cm³/mol. The molecule has 0 saturated heterocycles. The maximum absolute atomic E-state index is 11.2. The van der Waals surface area contributed by atoms with Crippen molar-refractivity contribution in [2.75, 3.05) is 0 Å². The van der Waals surface area contributed by atoms with Gasteiger partial charge in [-0.15, -0.1) is 0 Å². The summed E-state index contributed by atoms with van der Waals surface area (Å²) in [5.41, 5.74) is 2.20. The first-order chi connectivity index (χ1) is 8.95. The molecule has 0 heterocycles. The largest absolute Gasteiger partial charge is 0.489 e. The molecule has 0 aliphatic carbocycles. The van der Waals surface area contributed by atoms with E-state index in [1.807, 2.05) is 31.2 Å². The van der Waals surface area contributed by atoms with E-state index in [0.717, 1.165) is 5.56 Å². The average molecular weight is 297 g/mol. The molecule has 0 aliphatic rings. The zero-order valence-electron chi connectivity index (χ0n) is 10.3. The van der Waals surface area contributed by atoms with Gasteiger partial charge in [-0.3, -0.25) is 0 Å². The summed E-state index contributed by atoms with van der Waals surface area (Å²) in [4.78, 5) is 0.0376. The minimum Gasteiger partial charge on any atom is -0.489 e. The number of rotatable bonds is 4. The molecule has 0 radical (unpaired) electrons. The van der Waals surface area contributed by atoms with Crippen molar-refractivity contribution in [1.82, 2.24) is 0 Å². The first-order valence-corrected chi connectivity index (χ1v) is 7.99. The topological polar surface area (TPSA) is 43.4 Å². The molecule has 3 nitrogen and oxygen atoms in total. The lowest BCUT2D eigenvalue weighted by Gasteiger charge is -2.07. The Bertz CT molecular complexity index is 663. The monoisotopic (exact) mass is 296 g/mol. The molecular formula is C14H13ClO3S. The number of hydrogen-bond donors (Lipinski definition) is 0. The molecule has 2 rings (SSSR count). The molecule has 0 amide bonds. The van der Waals surface area contributed by atoms with Crippen molar-refractivity contribution in [1.29, 1.82) is 0 Å². The van der Waals surface area contributed by atoms with Gasteiger partial charge in [-0.1, -0.05) is 35.9 Å². The lowest BCUT2D eigenvalue weighted by Crippen LogP contribution is -1.97. The van der Waals surface area contributed by atoms with Gasteiger partial charge in [-0.05, 0) is 24.6 Å². The van der Waals surface area contributed by atoms with Crippen LogP contribution < -0.4 is 4.74 Å². The van der Waals surface area contributed by atoms with Crippen LogP contribution in [0, 0.1) is 6.92 Å². The Morgan fingerprint density at radius 3 is 2.42 bits per heavy atom. The Morgan fingerprint density at radius 1 is 1.11 bits per heavy atom. The number of halogens is 1. The Labute approximate surface area is 117 Å². The standard InChI is InChI=1S/C14H13ClO3S/c1-11-5-7-12(8-6-11)10-18-13-3-2-4-14(9-13)19(15,16)17/h2-9H,10H2,1H3. The van der Waals surface area contributed by atoms with Crippen LogP contribution in [0.25, 0.3) is 0 Å². The van der Waals surface area contributed by atoms with Gasteiger partial charge in [0.25, 0.3) is 9.05 Å². The van der Waals surface area contributed by atoms with Crippen molar-refractivity contribution < 1.29 is 13.2 Å². The molecule has 0 fully saturated rings. The summed E-state index contributed by atoms with van der Waals surface area (Å²) in [5, 5.41) is 0. The lowest BCUT2D eigenvalue weighted by atomic mass is 10.2. The van der Waals surface area contributed by atoms with E-state index in [1.165, 1.54) is 17.7 Å². The zero-order valence-corrected chi connectivity index (χ0v) is 11.9. The Hall–Kier alpha value is -1.52. The average Bonchev–Trinajstić information content (AvgIpc) is 2.37. The van der Waals surface area contributed by atoms with E-state index >= 15 is 0 Å². The van der Waals surface area contributed by atoms with Gasteiger partial charge in [0, 0.05) is 16.7 Å². The highest BCUT2D eigenvalue weighted by molar-refractivity contribution is 8.13. The smallest absolute Gasteiger partial charge is 0.261 e. The van der Waals surface area contributed by atoms with Gasteiger partial charge in [0.05, 0.1) is 4.90 Å². The van der Waals surface area contributed by atoms with E-state index in [9.17, 15) is 8.42 Å². The quantitative estimate of drug-likeness (QED) is 0.811. The molecular weight excluding hydrogens is 284 g/mol. The van der Waals surface area contributed by atoms with Gasteiger partial charge < -0.3 is 4.74 Å². The fourth-order valence-electron chi connectivity index (χ4n) is 1.57. The first kappa shape index (κ1) is 13.9. The van der Waals surface area contributed by atoms with Crippen molar-refractivity contribution in [3.05, 3.63) is 59.7 Å². The molecule has 0 saturated carbocycles. The second-order valence-electron chi connectivity index (χ2n) is 4.19. The molecule has 0 atom stereocenters. The summed E-state index contributed by atoms with van der Waals surface area (Å²) in [6.07, 6.45) is 0. The fraction of sp³-hybridized carbons (Fsp3) is 0.143. The maximum atomic E-state index is 11.2. The summed E-state index contributed by atoms with van der Waals surface area (Å²) in [6.45, 7) is 2.39. The minimum atomic E-state index is -3.72. The summed E-state index contributed by atoms with van der Waals surface area (Å²) in [5.74, 6) is 0.474. The van der Waals surface area contributed by atoms with Crippen molar-refractivity contribution >= 4 is 19.7 Å². The molecule has 0 aromatic heterocycles. The van der Waals surface area contributed by atoms with E-state index in [-0.39, 0.29) is 4.90 Å². The molecule has 0 unspecified atom stereocenters. The molecule has 100 valence electrons. The van der Waals surface area contributed by atoms with Gasteiger partial charge in [-0.25, -0.2) is 8.42 Å². The van der Waals surface area contributed by atoms with Crippen LogP contribution in [0.1, 0.15) is 11.1 Å². The highest BCUT2D eigenvalue weighted by Gasteiger charge is 2.10. The number of hydrogen-bond acceptors (Lipinski definition) is 3. The molecule has 19 heavy (non-hydrogen) atoms.